The van der Waals surface area contributed by atoms with Gasteiger partial charge in [-0.15, -0.1) is 21.5 Å². The molecule has 3 atom stereocenters. The molecule has 5 aromatic rings. The lowest BCUT2D eigenvalue weighted by atomic mass is 9.85. The van der Waals surface area contributed by atoms with Gasteiger partial charge in [-0.3, -0.25) is 19.2 Å². The smallest absolute Gasteiger partial charge is 0.246 e. The summed E-state index contributed by atoms with van der Waals surface area (Å²) in [6, 6.07) is 15.4. The summed E-state index contributed by atoms with van der Waals surface area (Å²) in [5, 5.41) is 36.4. The van der Waals surface area contributed by atoms with Crippen LogP contribution < -0.4 is 10.6 Å². The zero-order valence-corrected chi connectivity index (χ0v) is 41.1. The second kappa shape index (κ2) is 23.6. The van der Waals surface area contributed by atoms with E-state index in [2.05, 4.69) is 30.8 Å². The summed E-state index contributed by atoms with van der Waals surface area (Å²) >= 11 is 1.59. The molecule has 15 heteroatoms. The lowest BCUT2D eigenvalue weighted by Crippen LogP contribution is -2.57. The summed E-state index contributed by atoms with van der Waals surface area (Å²) in [5.41, 5.74) is 7.31. The highest BCUT2D eigenvalue weighted by molar-refractivity contribution is 7.13. The van der Waals surface area contributed by atoms with Crippen LogP contribution in [-0.2, 0) is 25.7 Å². The highest BCUT2D eigenvalue weighted by Crippen LogP contribution is 2.35. The number of carbonyl (C=O) groups excluding carboxylic acids is 4. The van der Waals surface area contributed by atoms with E-state index in [0.29, 0.717) is 49.4 Å². The maximum atomic E-state index is 14.0. The van der Waals surface area contributed by atoms with Crippen molar-refractivity contribution in [2.24, 2.45) is 5.41 Å². The van der Waals surface area contributed by atoms with Crippen molar-refractivity contribution in [3.63, 3.8) is 0 Å². The number of carbonyl (C=O) groups is 4. The molecule has 2 saturated heterocycles. The number of likely N-dealkylation sites (tertiary alicyclic amines) is 2. The Balaban J connectivity index is 0.709. The summed E-state index contributed by atoms with van der Waals surface area (Å²) in [6.45, 7) is 9.45. The van der Waals surface area contributed by atoms with Gasteiger partial charge >= 0.3 is 0 Å². The van der Waals surface area contributed by atoms with Crippen LogP contribution in [-0.4, -0.2) is 102 Å². The first kappa shape index (κ1) is 50.2. The second-order valence-corrected chi connectivity index (χ2v) is 20.8. The number of unbranched alkanes of at least 4 members (excludes halogenated alkanes) is 11. The van der Waals surface area contributed by atoms with E-state index in [-0.39, 0.29) is 48.3 Å². The number of hydrogen-bond acceptors (Lipinski definition) is 10. The number of para-hydroxylation sites is 1. The van der Waals surface area contributed by atoms with Crippen molar-refractivity contribution >= 4 is 46.0 Å². The first-order chi connectivity index (χ1) is 32.8. The number of aliphatic hydroxyl groups is 1. The van der Waals surface area contributed by atoms with Gasteiger partial charge < -0.3 is 35.6 Å². The summed E-state index contributed by atoms with van der Waals surface area (Å²) in [5.74, 6) is -0.190. The number of nitrogens with one attached hydrogen (secondary N) is 3. The zero-order valence-electron chi connectivity index (χ0n) is 40.3. The van der Waals surface area contributed by atoms with E-state index >= 15 is 0 Å². The van der Waals surface area contributed by atoms with Crippen molar-refractivity contribution < 1.29 is 29.4 Å². The summed E-state index contributed by atoms with van der Waals surface area (Å²) < 4.78 is 0. The third-order valence-corrected chi connectivity index (χ3v) is 14.6. The second-order valence-electron chi connectivity index (χ2n) is 19.9. The number of aromatic amines is 1. The molecule has 0 spiro atoms. The van der Waals surface area contributed by atoms with Crippen molar-refractivity contribution in [1.82, 2.24) is 40.6 Å². The highest BCUT2D eigenvalue weighted by Gasteiger charge is 2.44. The highest BCUT2D eigenvalue weighted by atomic mass is 32.1. The van der Waals surface area contributed by atoms with Crippen LogP contribution in [0, 0.1) is 12.3 Å². The quantitative estimate of drug-likeness (QED) is 0.0398. The van der Waals surface area contributed by atoms with Crippen LogP contribution in [0.2, 0.25) is 0 Å². The van der Waals surface area contributed by atoms with Gasteiger partial charge in [0.2, 0.25) is 23.6 Å². The molecule has 2 fully saturated rings. The number of thiazole rings is 1. The molecule has 0 saturated carbocycles. The number of aliphatic hydroxyl groups excluding tert-OH is 1. The Morgan fingerprint density at radius 2 is 1.50 bits per heavy atom. The SMILES string of the molecule is Cc1ncsc1-c1ccc(CNC(=O)[C@@H]2C[C@@H](O)CN2C(=O)[C@@H](NC(=O)CCCCCCCCCCCCCCC(=O)N2CC(c3c[nH]c4nnc(-c5ccccc5O)cc34)C2)C(C)(C)C)cc1. The van der Waals surface area contributed by atoms with Crippen LogP contribution in [0.25, 0.3) is 32.7 Å². The first-order valence-electron chi connectivity index (χ1n) is 24.7. The van der Waals surface area contributed by atoms with E-state index in [1.54, 1.807) is 23.5 Å². The monoisotopic (exact) mass is 947 g/mol. The van der Waals surface area contributed by atoms with Gasteiger partial charge in [-0.05, 0) is 60.1 Å². The molecule has 0 aliphatic carbocycles. The van der Waals surface area contributed by atoms with Gasteiger partial charge in [0.05, 0.1) is 27.9 Å². The van der Waals surface area contributed by atoms with E-state index in [4.69, 9.17) is 0 Å². The molecule has 2 aliphatic rings. The first-order valence-corrected chi connectivity index (χ1v) is 25.6. The minimum Gasteiger partial charge on any atom is -0.507 e. The number of H-pyrrole nitrogens is 1. The normalized spacial score (nSPS) is 16.8. The fraction of sp³-hybridized carbons (Fsp3) is 0.528. The van der Waals surface area contributed by atoms with Gasteiger partial charge in [-0.25, -0.2) is 4.98 Å². The summed E-state index contributed by atoms with van der Waals surface area (Å²) in [7, 11) is 0. The van der Waals surface area contributed by atoms with E-state index in [1.165, 1.54) is 37.0 Å². The van der Waals surface area contributed by atoms with E-state index in [1.807, 2.05) is 86.8 Å². The van der Waals surface area contributed by atoms with Crippen LogP contribution in [0.3, 0.4) is 0 Å². The van der Waals surface area contributed by atoms with Gasteiger partial charge in [-0.1, -0.05) is 121 Å². The van der Waals surface area contributed by atoms with E-state index < -0.39 is 23.6 Å². The maximum Gasteiger partial charge on any atom is 0.246 e. The van der Waals surface area contributed by atoms with Gasteiger partial charge in [0, 0.05) is 68.5 Å². The lowest BCUT2D eigenvalue weighted by Gasteiger charge is -2.39. The number of benzene rings is 2. The van der Waals surface area contributed by atoms with Gasteiger partial charge in [0.15, 0.2) is 5.65 Å². The number of aromatic hydroxyl groups is 1. The number of aryl methyl sites for hydroxylation is 1. The minimum absolute atomic E-state index is 0.0446. The van der Waals surface area contributed by atoms with Crippen molar-refractivity contribution in [2.45, 2.75) is 155 Å². The van der Waals surface area contributed by atoms with Crippen LogP contribution in [0.4, 0.5) is 0 Å². The number of rotatable bonds is 23. The molecule has 0 bridgehead atoms. The Hall–Kier alpha value is -5.67. The Bertz CT molecular complexity index is 2470. The molecule has 364 valence electrons. The topological polar surface area (TPSA) is 194 Å². The molecule has 2 aliphatic heterocycles. The van der Waals surface area contributed by atoms with Crippen molar-refractivity contribution in [3.05, 3.63) is 83.1 Å². The Labute approximate surface area is 404 Å². The molecule has 7 rings (SSSR count). The Morgan fingerprint density at radius 3 is 2.13 bits per heavy atom. The molecule has 0 radical (unpaired) electrons. The fourth-order valence-electron chi connectivity index (χ4n) is 9.48. The molecule has 2 aromatic carbocycles. The molecular weight excluding hydrogens is 877 g/mol. The van der Waals surface area contributed by atoms with Crippen LogP contribution in [0.1, 0.15) is 140 Å². The molecule has 5 N–H and O–H groups in total. The average molecular weight is 947 g/mol. The Kier molecular flexibility index (Phi) is 17.4. The number of phenolic OH excluding ortho intramolecular Hbond substituents is 1. The average Bonchev–Trinajstić information content (AvgIpc) is 4.04. The molecule has 3 aromatic heterocycles. The molecule has 5 heterocycles. The maximum absolute atomic E-state index is 14.0. The number of β-amino-alcohol motifs (C(OH)–C–C–N with tert-alkyl or cyclic N) is 1. The number of amides is 4. The Morgan fingerprint density at radius 1 is 0.853 bits per heavy atom. The van der Waals surface area contributed by atoms with Crippen LogP contribution >= 0.6 is 11.3 Å². The standard InChI is InChI=1S/C53H70N8O6S/c1-35-48(68-34-56-35)37-25-23-36(24-26-37)29-55-51(66)44-27-39(62)33-61(44)52(67)49(53(2,3)4)57-46(64)21-15-13-11-9-7-5-6-8-10-12-14-16-22-47(65)60-31-38(32-60)42-30-54-50-41(42)28-43(58-59-50)40-19-17-18-20-45(40)63/h17-20,23-26,28,30,34,38-39,44,49,62-63H,5-16,21-22,27,29,31-33H2,1-4H3,(H,54,59)(H,55,66)(H,57,64)/t39-,44+,49-/m1/s1. The van der Waals surface area contributed by atoms with Crippen molar-refractivity contribution in [2.75, 3.05) is 19.6 Å². The van der Waals surface area contributed by atoms with Gasteiger partial charge in [0.25, 0.3) is 0 Å². The predicted molar refractivity (Wildman–Crippen MR) is 267 cm³/mol. The number of aromatic nitrogens is 4. The number of nitrogens with zero attached hydrogens (tertiary/aromatic N) is 5. The van der Waals surface area contributed by atoms with Crippen LogP contribution in [0.5, 0.6) is 5.75 Å². The van der Waals surface area contributed by atoms with E-state index in [0.717, 1.165) is 77.6 Å². The zero-order chi connectivity index (χ0) is 48.2. The number of phenols is 1. The third-order valence-electron chi connectivity index (χ3n) is 13.6. The molecule has 14 nitrogen and oxygen atoms in total. The van der Waals surface area contributed by atoms with Gasteiger partial charge in [0.1, 0.15) is 17.8 Å². The largest absolute Gasteiger partial charge is 0.507 e. The predicted octanol–water partition coefficient (Wildman–Crippen LogP) is 8.96. The summed E-state index contributed by atoms with van der Waals surface area (Å²) in [4.78, 5) is 65.5. The molecule has 0 unspecified atom stereocenters. The fourth-order valence-corrected chi connectivity index (χ4v) is 10.3. The van der Waals surface area contributed by atoms with Gasteiger partial charge in [-0.2, -0.15) is 0 Å². The van der Waals surface area contributed by atoms with Crippen molar-refractivity contribution in [1.29, 1.82) is 0 Å². The summed E-state index contributed by atoms with van der Waals surface area (Å²) in [6.07, 6.45) is 15.3. The number of hydrogen-bond donors (Lipinski definition) is 5. The molecule has 4 amide bonds. The third kappa shape index (κ3) is 13.1. The molecule has 68 heavy (non-hydrogen) atoms. The molecular formula is C53H70N8O6S. The van der Waals surface area contributed by atoms with E-state index in [9.17, 15) is 29.4 Å². The lowest BCUT2D eigenvalue weighted by molar-refractivity contribution is -0.144. The van der Waals surface area contributed by atoms with Crippen LogP contribution in [0.15, 0.2) is 66.3 Å². The number of fused-ring (bicyclic) bond motifs is 1. The minimum atomic E-state index is -0.831. The van der Waals surface area contributed by atoms with Crippen molar-refractivity contribution in [3.8, 4) is 27.4 Å².